The molecular weight excluding hydrogens is 550 g/mol. The van der Waals surface area contributed by atoms with E-state index in [4.69, 9.17) is 0 Å². The molecule has 0 unspecified atom stereocenters. The van der Waals surface area contributed by atoms with Crippen LogP contribution in [0.5, 0.6) is 0 Å². The van der Waals surface area contributed by atoms with E-state index < -0.39 is 0 Å². The van der Waals surface area contributed by atoms with Gasteiger partial charge in [0.25, 0.3) is 5.91 Å². The molecular formula is C23H22BrN7O2S2. The number of halogens is 1. The Hall–Kier alpha value is -3.09. The fourth-order valence-electron chi connectivity index (χ4n) is 3.13. The summed E-state index contributed by atoms with van der Waals surface area (Å²) in [5.41, 5.74) is 3.58. The van der Waals surface area contributed by atoms with E-state index in [1.165, 1.54) is 23.1 Å². The van der Waals surface area contributed by atoms with Gasteiger partial charge in [-0.15, -0.1) is 20.4 Å². The van der Waals surface area contributed by atoms with Crippen molar-refractivity contribution in [2.75, 3.05) is 11.1 Å². The zero-order valence-electron chi connectivity index (χ0n) is 19.2. The zero-order chi connectivity index (χ0) is 24.9. The number of hydrogen-bond acceptors (Lipinski definition) is 8. The van der Waals surface area contributed by atoms with Crippen LogP contribution in [0.4, 0.5) is 5.13 Å². The third-order valence-corrected chi connectivity index (χ3v) is 7.28. The van der Waals surface area contributed by atoms with Gasteiger partial charge in [-0.3, -0.25) is 19.5 Å². The van der Waals surface area contributed by atoms with Crippen LogP contribution < -0.4 is 10.6 Å². The monoisotopic (exact) mass is 571 g/mol. The summed E-state index contributed by atoms with van der Waals surface area (Å²) in [5.74, 6) is 0.245. The molecule has 0 spiro atoms. The Morgan fingerprint density at radius 1 is 1.00 bits per heavy atom. The number of carbonyl (C=O) groups is 2. The maximum atomic E-state index is 12.7. The highest BCUT2D eigenvalue weighted by atomic mass is 79.9. The number of thioether (sulfide) groups is 1. The number of aromatic nitrogens is 5. The van der Waals surface area contributed by atoms with Crippen LogP contribution >= 0.6 is 39.0 Å². The number of carbonyl (C=O) groups excluding carboxylic acids is 2. The van der Waals surface area contributed by atoms with E-state index >= 15 is 0 Å². The SMILES string of the molecule is Cc1nnc(NC(=O)CSc2nnc(CNC(=O)c3ccc(C)c(C)c3)n2-c2ccc(Br)cc2)s1. The highest BCUT2D eigenvalue weighted by molar-refractivity contribution is 9.10. The van der Waals surface area contributed by atoms with Crippen molar-refractivity contribution in [1.29, 1.82) is 0 Å². The lowest BCUT2D eigenvalue weighted by molar-refractivity contribution is -0.113. The molecule has 0 aliphatic rings. The lowest BCUT2D eigenvalue weighted by Gasteiger charge is -2.11. The van der Waals surface area contributed by atoms with Crippen molar-refractivity contribution in [3.8, 4) is 5.69 Å². The predicted octanol–water partition coefficient (Wildman–Crippen LogP) is 4.47. The zero-order valence-corrected chi connectivity index (χ0v) is 22.4. The molecule has 35 heavy (non-hydrogen) atoms. The van der Waals surface area contributed by atoms with Crippen LogP contribution in [0.1, 0.15) is 32.3 Å². The molecule has 0 saturated heterocycles. The minimum atomic E-state index is -0.221. The first kappa shape index (κ1) is 25.0. The van der Waals surface area contributed by atoms with E-state index in [0.717, 1.165) is 26.3 Å². The van der Waals surface area contributed by atoms with E-state index in [0.29, 0.717) is 21.7 Å². The third-order valence-electron chi connectivity index (χ3n) is 5.07. The van der Waals surface area contributed by atoms with E-state index in [1.54, 1.807) is 6.07 Å². The van der Waals surface area contributed by atoms with Crippen molar-refractivity contribution in [2.45, 2.75) is 32.5 Å². The summed E-state index contributed by atoms with van der Waals surface area (Å²) in [7, 11) is 0. The van der Waals surface area contributed by atoms with Gasteiger partial charge in [0, 0.05) is 15.7 Å². The summed E-state index contributed by atoms with van der Waals surface area (Å²) in [6.45, 7) is 5.98. The number of hydrogen-bond donors (Lipinski definition) is 2. The smallest absolute Gasteiger partial charge is 0.251 e. The summed E-state index contributed by atoms with van der Waals surface area (Å²) >= 11 is 6.01. The molecule has 12 heteroatoms. The Morgan fingerprint density at radius 2 is 1.77 bits per heavy atom. The lowest BCUT2D eigenvalue weighted by Crippen LogP contribution is -2.24. The molecule has 0 saturated carbocycles. The van der Waals surface area contributed by atoms with Crippen molar-refractivity contribution in [3.05, 3.63) is 74.5 Å². The summed E-state index contributed by atoms with van der Waals surface area (Å²) in [4.78, 5) is 25.1. The Morgan fingerprint density at radius 3 is 2.46 bits per heavy atom. The number of rotatable bonds is 8. The third kappa shape index (κ3) is 6.32. The first-order valence-electron chi connectivity index (χ1n) is 10.6. The number of aryl methyl sites for hydroxylation is 3. The molecule has 0 atom stereocenters. The highest BCUT2D eigenvalue weighted by Gasteiger charge is 2.18. The molecule has 4 rings (SSSR count). The first-order valence-corrected chi connectivity index (χ1v) is 13.2. The molecule has 0 bridgehead atoms. The number of nitrogens with zero attached hydrogens (tertiary/aromatic N) is 5. The number of benzene rings is 2. The van der Waals surface area contributed by atoms with Gasteiger partial charge in [0.15, 0.2) is 11.0 Å². The Labute approximate surface area is 218 Å². The Bertz CT molecular complexity index is 1370. The largest absolute Gasteiger partial charge is 0.345 e. The van der Waals surface area contributed by atoms with Gasteiger partial charge in [-0.05, 0) is 68.3 Å². The molecule has 0 radical (unpaired) electrons. The van der Waals surface area contributed by atoms with Crippen molar-refractivity contribution < 1.29 is 9.59 Å². The van der Waals surface area contributed by atoms with Crippen LogP contribution in [0.25, 0.3) is 5.69 Å². The summed E-state index contributed by atoms with van der Waals surface area (Å²) < 4.78 is 2.76. The Kier molecular flexibility index (Phi) is 7.93. The lowest BCUT2D eigenvalue weighted by atomic mass is 10.1. The van der Waals surface area contributed by atoms with Crippen LogP contribution in [0.15, 0.2) is 52.1 Å². The topological polar surface area (TPSA) is 115 Å². The second kappa shape index (κ2) is 11.1. The predicted molar refractivity (Wildman–Crippen MR) is 140 cm³/mol. The number of anilines is 1. The molecule has 2 heterocycles. The maximum Gasteiger partial charge on any atom is 0.251 e. The second-order valence-electron chi connectivity index (χ2n) is 7.66. The maximum absolute atomic E-state index is 12.7. The van der Waals surface area contributed by atoms with Crippen LogP contribution in [-0.2, 0) is 11.3 Å². The van der Waals surface area contributed by atoms with Crippen LogP contribution in [0.2, 0.25) is 0 Å². The minimum absolute atomic E-state index is 0.113. The van der Waals surface area contributed by atoms with Crippen LogP contribution in [-0.4, -0.2) is 42.5 Å². The van der Waals surface area contributed by atoms with Gasteiger partial charge in [-0.25, -0.2) is 0 Å². The molecule has 2 N–H and O–H groups in total. The summed E-state index contributed by atoms with van der Waals surface area (Å²) in [6.07, 6.45) is 0. The fraction of sp³-hybridized carbons (Fsp3) is 0.217. The molecule has 180 valence electrons. The van der Waals surface area contributed by atoms with Crippen molar-refractivity contribution >= 4 is 56.0 Å². The van der Waals surface area contributed by atoms with Crippen LogP contribution in [0.3, 0.4) is 0 Å². The van der Waals surface area contributed by atoms with E-state index in [9.17, 15) is 9.59 Å². The highest BCUT2D eigenvalue weighted by Crippen LogP contribution is 2.24. The molecule has 0 aliphatic carbocycles. The van der Waals surface area contributed by atoms with Gasteiger partial charge in [-0.2, -0.15) is 0 Å². The van der Waals surface area contributed by atoms with E-state index in [-0.39, 0.29) is 24.1 Å². The normalized spacial score (nSPS) is 10.9. The summed E-state index contributed by atoms with van der Waals surface area (Å²) in [6, 6.07) is 13.2. The minimum Gasteiger partial charge on any atom is -0.345 e. The standard InChI is InChI=1S/C23H22BrN7O2S2/c1-13-4-5-16(10-14(13)2)21(33)25-11-19-28-30-23(31(19)18-8-6-17(24)7-9-18)34-12-20(32)26-22-29-27-15(3)35-22/h4-10H,11-12H2,1-3H3,(H,25,33)(H,26,29,32). The molecule has 2 amide bonds. The number of amides is 2. The van der Waals surface area contributed by atoms with E-state index in [1.807, 2.05) is 61.7 Å². The van der Waals surface area contributed by atoms with Gasteiger partial charge < -0.3 is 5.32 Å². The Balaban J connectivity index is 1.50. The molecule has 0 aliphatic heterocycles. The average molecular weight is 573 g/mol. The van der Waals surface area contributed by atoms with Crippen LogP contribution in [0, 0.1) is 20.8 Å². The average Bonchev–Trinajstić information content (AvgIpc) is 3.44. The molecule has 4 aromatic rings. The molecule has 2 aromatic heterocycles. The first-order chi connectivity index (χ1) is 16.8. The number of nitrogens with one attached hydrogen (secondary N) is 2. The van der Waals surface area contributed by atoms with Crippen molar-refractivity contribution in [1.82, 2.24) is 30.3 Å². The van der Waals surface area contributed by atoms with Gasteiger partial charge >= 0.3 is 0 Å². The molecule has 9 nitrogen and oxygen atoms in total. The molecule has 0 fully saturated rings. The van der Waals surface area contributed by atoms with Gasteiger partial charge in [-0.1, -0.05) is 45.1 Å². The van der Waals surface area contributed by atoms with Crippen molar-refractivity contribution in [2.24, 2.45) is 0 Å². The second-order valence-corrected chi connectivity index (χ2v) is 10.7. The van der Waals surface area contributed by atoms with Gasteiger partial charge in [0.2, 0.25) is 11.0 Å². The fourth-order valence-corrected chi connectivity index (χ4v) is 4.78. The molecule has 2 aromatic carbocycles. The van der Waals surface area contributed by atoms with Gasteiger partial charge in [0.05, 0.1) is 12.3 Å². The quantitative estimate of drug-likeness (QED) is 0.300. The van der Waals surface area contributed by atoms with Gasteiger partial charge in [0.1, 0.15) is 5.01 Å². The van der Waals surface area contributed by atoms with Crippen molar-refractivity contribution in [3.63, 3.8) is 0 Å². The van der Waals surface area contributed by atoms with E-state index in [2.05, 4.69) is 47.0 Å². The summed E-state index contributed by atoms with van der Waals surface area (Å²) in [5, 5.41) is 23.8.